The summed E-state index contributed by atoms with van der Waals surface area (Å²) in [4.78, 5) is 12.1. The Bertz CT molecular complexity index is 1400. The van der Waals surface area contributed by atoms with E-state index in [0.29, 0.717) is 11.8 Å². The zero-order valence-electron chi connectivity index (χ0n) is 24.3. The molecule has 3 N–H and O–H groups in total. The van der Waals surface area contributed by atoms with Gasteiger partial charge in [0.25, 0.3) is 0 Å². The minimum absolute atomic E-state index is 0.110. The van der Waals surface area contributed by atoms with Crippen molar-refractivity contribution in [3.63, 3.8) is 0 Å². The van der Waals surface area contributed by atoms with Crippen LogP contribution in [0.2, 0.25) is 0 Å². The summed E-state index contributed by atoms with van der Waals surface area (Å²) in [5.74, 6) is 0.713. The van der Waals surface area contributed by atoms with Gasteiger partial charge in [-0.1, -0.05) is 66.7 Å². The zero-order chi connectivity index (χ0) is 29.5. The Morgan fingerprint density at radius 1 is 0.927 bits per heavy atom. The first-order valence-corrected chi connectivity index (χ1v) is 15.4. The van der Waals surface area contributed by atoms with Gasteiger partial charge in [0.2, 0.25) is 0 Å². The third-order valence-electron chi connectivity index (χ3n) is 7.53. The third-order valence-corrected chi connectivity index (χ3v) is 8.40. The number of carbonyl (C=O) groups is 1. The fourth-order valence-corrected chi connectivity index (χ4v) is 6.04. The minimum atomic E-state index is -4.31. The van der Waals surface area contributed by atoms with Gasteiger partial charge in [0.05, 0.1) is 7.11 Å². The second kappa shape index (κ2) is 13.1. The second-order valence-corrected chi connectivity index (χ2v) is 13.1. The molecule has 0 heterocycles. The highest BCUT2D eigenvalue weighted by atomic mass is 32.2. The molecule has 0 bridgehead atoms. The molecule has 1 fully saturated rings. The first kappa shape index (κ1) is 30.6. The van der Waals surface area contributed by atoms with Crippen molar-refractivity contribution in [1.82, 2.24) is 15.4 Å². The molecule has 1 aliphatic rings. The molecule has 1 amide bonds. The van der Waals surface area contributed by atoms with E-state index in [1.165, 1.54) is 16.7 Å². The summed E-state index contributed by atoms with van der Waals surface area (Å²) in [6.07, 6.45) is 2.23. The van der Waals surface area contributed by atoms with E-state index < -0.39 is 27.4 Å². The highest BCUT2D eigenvalue weighted by Gasteiger charge is 2.38. The summed E-state index contributed by atoms with van der Waals surface area (Å²) in [6.45, 7) is 6.11. The van der Waals surface area contributed by atoms with Crippen LogP contribution in [0.15, 0.2) is 78.9 Å². The quantitative estimate of drug-likeness (QED) is 0.285. The normalized spacial score (nSPS) is 19.4. The van der Waals surface area contributed by atoms with Gasteiger partial charge in [0.15, 0.2) is 0 Å². The minimum Gasteiger partial charge on any atom is -0.497 e. The Kier molecular flexibility index (Phi) is 9.73. The van der Waals surface area contributed by atoms with Gasteiger partial charge >= 0.3 is 16.4 Å². The molecule has 0 spiro atoms. The molecular weight excluding hydrogens is 538 g/mol. The fourth-order valence-electron chi connectivity index (χ4n) is 5.29. The van der Waals surface area contributed by atoms with Crippen molar-refractivity contribution >= 4 is 16.4 Å². The van der Waals surface area contributed by atoms with Gasteiger partial charge in [-0.15, -0.1) is 0 Å². The monoisotopic (exact) mass is 579 g/mol. The summed E-state index contributed by atoms with van der Waals surface area (Å²) in [7, 11) is -2.69. The SMILES string of the molecule is COc1cccc(C2(CNS(=O)(=O)OC(=O)NC(C)(C)C)CCC(NCc3ccc(-c4ccccc4)cc3)CC2)c1. The first-order chi connectivity index (χ1) is 19.5. The molecule has 0 aliphatic heterocycles. The lowest BCUT2D eigenvalue weighted by Crippen LogP contribution is -2.48. The Morgan fingerprint density at radius 3 is 2.22 bits per heavy atom. The summed E-state index contributed by atoms with van der Waals surface area (Å²) in [5.41, 5.74) is 3.51. The predicted molar refractivity (Wildman–Crippen MR) is 162 cm³/mol. The van der Waals surface area contributed by atoms with Crippen molar-refractivity contribution < 1.29 is 22.1 Å². The molecule has 1 saturated carbocycles. The standard InChI is InChI=1S/C32H41N3O5S/c1-31(2,3)35-30(36)40-41(37,38)34-23-32(27-11-8-12-29(21-27)39-4)19-17-28(18-20-32)33-22-24-13-15-26(16-14-24)25-9-6-5-7-10-25/h5-16,21,28,33-34H,17-20,22-23H2,1-4H3,(H,35,36). The molecule has 8 nitrogen and oxygen atoms in total. The Hall–Kier alpha value is -3.40. The molecule has 220 valence electrons. The van der Waals surface area contributed by atoms with Gasteiger partial charge in [0.1, 0.15) is 5.75 Å². The third kappa shape index (κ3) is 8.79. The lowest BCUT2D eigenvalue weighted by molar-refractivity contribution is 0.190. The zero-order valence-corrected chi connectivity index (χ0v) is 25.1. The number of hydrogen-bond acceptors (Lipinski definition) is 6. The van der Waals surface area contributed by atoms with E-state index in [4.69, 9.17) is 8.92 Å². The number of rotatable bonds is 10. The molecule has 0 unspecified atom stereocenters. The molecule has 4 rings (SSSR count). The summed E-state index contributed by atoms with van der Waals surface area (Å²) in [6, 6.07) is 27.0. The number of benzene rings is 3. The molecule has 0 saturated heterocycles. The van der Waals surface area contributed by atoms with Crippen LogP contribution >= 0.6 is 0 Å². The average molecular weight is 580 g/mol. The summed E-state index contributed by atoms with van der Waals surface area (Å²) in [5, 5.41) is 6.20. The van der Waals surface area contributed by atoms with E-state index in [2.05, 4.69) is 51.8 Å². The Balaban J connectivity index is 1.39. The van der Waals surface area contributed by atoms with E-state index in [-0.39, 0.29) is 6.54 Å². The van der Waals surface area contributed by atoms with Crippen molar-refractivity contribution in [1.29, 1.82) is 0 Å². The average Bonchev–Trinajstić information content (AvgIpc) is 2.95. The largest absolute Gasteiger partial charge is 0.497 e. The van der Waals surface area contributed by atoms with Crippen molar-refractivity contribution in [2.45, 2.75) is 70.0 Å². The maximum absolute atomic E-state index is 12.7. The van der Waals surface area contributed by atoms with Crippen molar-refractivity contribution in [2.24, 2.45) is 0 Å². The van der Waals surface area contributed by atoms with E-state index in [0.717, 1.165) is 37.8 Å². The van der Waals surface area contributed by atoms with Crippen LogP contribution in [0.3, 0.4) is 0 Å². The van der Waals surface area contributed by atoms with Crippen molar-refractivity contribution in [3.05, 3.63) is 90.0 Å². The Morgan fingerprint density at radius 2 is 1.59 bits per heavy atom. The molecule has 41 heavy (non-hydrogen) atoms. The highest BCUT2D eigenvalue weighted by molar-refractivity contribution is 7.85. The molecule has 9 heteroatoms. The van der Waals surface area contributed by atoms with Gasteiger partial charge in [-0.2, -0.15) is 13.1 Å². The van der Waals surface area contributed by atoms with Gasteiger partial charge in [-0.05, 0) is 80.8 Å². The predicted octanol–water partition coefficient (Wildman–Crippen LogP) is 5.69. The van der Waals surface area contributed by atoms with Crippen molar-refractivity contribution in [2.75, 3.05) is 13.7 Å². The topological polar surface area (TPSA) is 106 Å². The van der Waals surface area contributed by atoms with Gasteiger partial charge in [0, 0.05) is 30.1 Å². The summed E-state index contributed by atoms with van der Waals surface area (Å²) >= 11 is 0. The molecule has 0 atom stereocenters. The maximum atomic E-state index is 12.7. The molecule has 3 aromatic rings. The number of amides is 1. The lowest BCUT2D eigenvalue weighted by atomic mass is 9.68. The smallest absolute Gasteiger partial charge is 0.424 e. The Labute approximate surface area is 244 Å². The molecule has 3 aromatic carbocycles. The van der Waals surface area contributed by atoms with Crippen molar-refractivity contribution in [3.8, 4) is 16.9 Å². The maximum Gasteiger partial charge on any atom is 0.424 e. The van der Waals surface area contributed by atoms with Crippen LogP contribution in [0.1, 0.15) is 57.6 Å². The van der Waals surface area contributed by atoms with Crippen LogP contribution in [0.4, 0.5) is 4.79 Å². The number of carbonyl (C=O) groups excluding carboxylic acids is 1. The number of methoxy groups -OCH3 is 1. The van der Waals surface area contributed by atoms with Crippen LogP contribution in [0, 0.1) is 0 Å². The summed E-state index contributed by atoms with van der Waals surface area (Å²) < 4.78 is 38.1. The van der Waals surface area contributed by atoms with E-state index in [1.54, 1.807) is 27.9 Å². The van der Waals surface area contributed by atoms with E-state index >= 15 is 0 Å². The number of ether oxygens (including phenoxy) is 1. The van der Waals surface area contributed by atoms with Gasteiger partial charge in [-0.3, -0.25) is 0 Å². The number of hydrogen-bond donors (Lipinski definition) is 3. The van der Waals surface area contributed by atoms with E-state index in [1.807, 2.05) is 42.5 Å². The van der Waals surface area contributed by atoms with Crippen LogP contribution in [-0.2, 0) is 26.4 Å². The van der Waals surface area contributed by atoms with Crippen LogP contribution in [-0.4, -0.2) is 39.7 Å². The van der Waals surface area contributed by atoms with Crippen LogP contribution in [0.5, 0.6) is 5.75 Å². The molecule has 1 aliphatic carbocycles. The number of nitrogens with one attached hydrogen (secondary N) is 3. The molecular formula is C32H41N3O5S. The molecule has 0 radical (unpaired) electrons. The fraction of sp³-hybridized carbons (Fsp3) is 0.406. The molecule has 0 aromatic heterocycles. The van der Waals surface area contributed by atoms with Gasteiger partial charge in [-0.25, -0.2) is 4.79 Å². The lowest BCUT2D eigenvalue weighted by Gasteiger charge is -2.41. The van der Waals surface area contributed by atoms with Gasteiger partial charge < -0.3 is 19.6 Å². The van der Waals surface area contributed by atoms with Crippen LogP contribution < -0.4 is 20.1 Å². The second-order valence-electron chi connectivity index (χ2n) is 11.8. The van der Waals surface area contributed by atoms with Crippen LogP contribution in [0.25, 0.3) is 11.1 Å². The first-order valence-electron chi connectivity index (χ1n) is 14.0. The van der Waals surface area contributed by atoms with E-state index in [9.17, 15) is 13.2 Å². The highest BCUT2D eigenvalue weighted by Crippen LogP contribution is 2.40.